The van der Waals surface area contributed by atoms with Gasteiger partial charge in [0.1, 0.15) is 0 Å². The Hall–Kier alpha value is 0.250. The Kier molecular flexibility index (Phi) is 20.9. The Morgan fingerprint density at radius 1 is 1.11 bits per heavy atom. The Morgan fingerprint density at radius 2 is 1.44 bits per heavy atom. The average Bonchev–Trinajstić information content (AvgIpc) is 1.91. The smallest absolute Gasteiger partial charge is 0.0220 e. The minimum absolute atomic E-state index is 0.792. The maximum absolute atomic E-state index is 5.19. The van der Waals surface area contributed by atoms with Gasteiger partial charge in [0.05, 0.1) is 0 Å². The fourth-order valence-electron chi connectivity index (χ4n) is 0.250. The van der Waals surface area contributed by atoms with Gasteiger partial charge in [-0.05, 0) is 19.5 Å². The van der Waals surface area contributed by atoms with Gasteiger partial charge in [0.2, 0.25) is 0 Å². The van der Waals surface area contributed by atoms with Crippen molar-refractivity contribution in [2.45, 2.75) is 27.2 Å². The third kappa shape index (κ3) is 30.5. The summed E-state index contributed by atoms with van der Waals surface area (Å²) in [6, 6.07) is 0. The van der Waals surface area contributed by atoms with Crippen LogP contribution in [0.2, 0.25) is 0 Å². The first-order valence-electron chi connectivity index (χ1n) is 3.60. The van der Waals surface area contributed by atoms with Crippen molar-refractivity contribution < 1.29 is 0 Å². The molecule has 58 valence electrons. The summed E-state index contributed by atoms with van der Waals surface area (Å²) in [6.07, 6.45) is 1.08. The number of halogens is 1. The van der Waals surface area contributed by atoms with E-state index in [0.717, 1.165) is 25.4 Å². The third-order valence-corrected chi connectivity index (χ3v) is 1.07. The van der Waals surface area contributed by atoms with Crippen LogP contribution in [0.4, 0.5) is 0 Å². The minimum atomic E-state index is 0.792. The van der Waals surface area contributed by atoms with Crippen molar-refractivity contribution in [1.82, 2.24) is 5.32 Å². The van der Waals surface area contributed by atoms with Gasteiger partial charge in [-0.15, -0.1) is 11.6 Å². The van der Waals surface area contributed by atoms with Gasteiger partial charge in [0, 0.05) is 5.88 Å². The Morgan fingerprint density at radius 3 is 1.44 bits per heavy atom. The number of rotatable bonds is 3. The molecule has 0 aromatic carbocycles. The fraction of sp³-hybridized carbons (Fsp3) is 1.00. The maximum atomic E-state index is 5.19. The van der Waals surface area contributed by atoms with Crippen molar-refractivity contribution in [1.29, 1.82) is 0 Å². The molecule has 0 aliphatic rings. The lowest BCUT2D eigenvalue weighted by Gasteiger charge is -1.86. The second-order valence-electron chi connectivity index (χ2n) is 1.65. The van der Waals surface area contributed by atoms with Crippen LogP contribution in [0.15, 0.2) is 0 Å². The van der Waals surface area contributed by atoms with Crippen molar-refractivity contribution in [3.8, 4) is 0 Å². The van der Waals surface area contributed by atoms with E-state index in [1.807, 2.05) is 6.92 Å². The summed E-state index contributed by atoms with van der Waals surface area (Å²) >= 11 is 5.19. The molecule has 0 amide bonds. The van der Waals surface area contributed by atoms with Crippen LogP contribution < -0.4 is 5.32 Å². The van der Waals surface area contributed by atoms with E-state index >= 15 is 0 Å². The molecular formula is C7H18ClN. The monoisotopic (exact) mass is 151 g/mol. The standard InChI is InChI=1S/C4H11N.C3H7Cl/c1-3-5-4-2;1-2-3-4/h5H,3-4H2,1-2H3;2-3H2,1H3. The highest BCUT2D eigenvalue weighted by Gasteiger charge is 1.62. The van der Waals surface area contributed by atoms with Gasteiger partial charge < -0.3 is 5.32 Å². The molecule has 0 aromatic heterocycles. The normalized spacial score (nSPS) is 8.00. The predicted molar refractivity (Wildman–Crippen MR) is 45.2 cm³/mol. The molecule has 0 bridgehead atoms. The van der Waals surface area contributed by atoms with Crippen LogP contribution in [-0.2, 0) is 0 Å². The van der Waals surface area contributed by atoms with Crippen LogP contribution in [0.3, 0.4) is 0 Å². The van der Waals surface area contributed by atoms with Gasteiger partial charge in [-0.2, -0.15) is 0 Å². The molecule has 0 fully saturated rings. The van der Waals surface area contributed by atoms with E-state index < -0.39 is 0 Å². The lowest BCUT2D eigenvalue weighted by atomic mass is 10.6. The molecule has 0 saturated heterocycles. The van der Waals surface area contributed by atoms with Gasteiger partial charge in [-0.1, -0.05) is 20.8 Å². The van der Waals surface area contributed by atoms with Crippen LogP contribution >= 0.6 is 11.6 Å². The molecule has 0 unspecified atom stereocenters. The third-order valence-electron chi connectivity index (χ3n) is 0.689. The van der Waals surface area contributed by atoms with Gasteiger partial charge in [-0.25, -0.2) is 0 Å². The molecular weight excluding hydrogens is 134 g/mol. The first-order chi connectivity index (χ1) is 4.33. The first kappa shape index (κ1) is 12.0. The quantitative estimate of drug-likeness (QED) is 0.611. The summed E-state index contributed by atoms with van der Waals surface area (Å²) < 4.78 is 0. The maximum Gasteiger partial charge on any atom is 0.0220 e. The SMILES string of the molecule is CCCCl.CCNCC. The minimum Gasteiger partial charge on any atom is -0.317 e. The van der Waals surface area contributed by atoms with Crippen molar-refractivity contribution in [2.24, 2.45) is 0 Å². The van der Waals surface area contributed by atoms with Crippen LogP contribution in [0.25, 0.3) is 0 Å². The summed E-state index contributed by atoms with van der Waals surface area (Å²) in [6.45, 7) is 8.44. The topological polar surface area (TPSA) is 12.0 Å². The molecule has 1 N–H and O–H groups in total. The molecule has 0 heterocycles. The van der Waals surface area contributed by atoms with E-state index in [9.17, 15) is 0 Å². The van der Waals surface area contributed by atoms with Gasteiger partial charge >= 0.3 is 0 Å². The van der Waals surface area contributed by atoms with Gasteiger partial charge in [0.25, 0.3) is 0 Å². The number of hydrogen-bond donors (Lipinski definition) is 1. The molecule has 9 heavy (non-hydrogen) atoms. The highest BCUT2D eigenvalue weighted by atomic mass is 35.5. The molecule has 0 radical (unpaired) electrons. The summed E-state index contributed by atoms with van der Waals surface area (Å²) in [5, 5.41) is 3.11. The Balaban J connectivity index is 0. The molecule has 0 spiro atoms. The number of hydrogen-bond acceptors (Lipinski definition) is 1. The van der Waals surface area contributed by atoms with Crippen LogP contribution in [0.5, 0.6) is 0 Å². The van der Waals surface area contributed by atoms with Crippen molar-refractivity contribution in [2.75, 3.05) is 19.0 Å². The Bertz CT molecular complexity index is 28.1. The van der Waals surface area contributed by atoms with Crippen molar-refractivity contribution in [3.05, 3.63) is 0 Å². The van der Waals surface area contributed by atoms with E-state index in [1.165, 1.54) is 0 Å². The Labute approximate surface area is 63.8 Å². The predicted octanol–water partition coefficient (Wildman–Crippen LogP) is 2.25. The zero-order valence-corrected chi connectivity index (χ0v) is 7.46. The lowest BCUT2D eigenvalue weighted by molar-refractivity contribution is 0.762. The molecule has 0 rings (SSSR count). The summed E-state index contributed by atoms with van der Waals surface area (Å²) in [5.41, 5.74) is 0. The molecule has 2 heteroatoms. The van der Waals surface area contributed by atoms with Crippen LogP contribution in [0.1, 0.15) is 27.2 Å². The fourth-order valence-corrected chi connectivity index (χ4v) is 0.250. The van der Waals surface area contributed by atoms with Gasteiger partial charge in [-0.3, -0.25) is 0 Å². The van der Waals surface area contributed by atoms with Crippen LogP contribution in [0, 0.1) is 0 Å². The van der Waals surface area contributed by atoms with E-state index in [-0.39, 0.29) is 0 Å². The molecule has 0 aliphatic heterocycles. The summed E-state index contributed by atoms with van der Waals surface area (Å²) in [7, 11) is 0. The van der Waals surface area contributed by atoms with E-state index in [1.54, 1.807) is 0 Å². The first-order valence-corrected chi connectivity index (χ1v) is 4.13. The molecule has 0 aromatic rings. The largest absolute Gasteiger partial charge is 0.317 e. The van der Waals surface area contributed by atoms with E-state index in [4.69, 9.17) is 11.6 Å². The molecule has 0 saturated carbocycles. The molecule has 0 aliphatic carbocycles. The average molecular weight is 152 g/mol. The van der Waals surface area contributed by atoms with E-state index in [0.29, 0.717) is 0 Å². The number of alkyl halides is 1. The highest BCUT2D eigenvalue weighted by Crippen LogP contribution is 1.75. The van der Waals surface area contributed by atoms with Crippen molar-refractivity contribution in [3.63, 3.8) is 0 Å². The van der Waals surface area contributed by atoms with Crippen molar-refractivity contribution >= 4 is 11.6 Å². The summed E-state index contributed by atoms with van der Waals surface area (Å²) in [4.78, 5) is 0. The molecule has 0 atom stereocenters. The van der Waals surface area contributed by atoms with E-state index in [2.05, 4.69) is 19.2 Å². The summed E-state index contributed by atoms with van der Waals surface area (Å²) in [5.74, 6) is 0.792. The second-order valence-corrected chi connectivity index (χ2v) is 2.02. The lowest BCUT2D eigenvalue weighted by Crippen LogP contribution is -2.09. The highest BCUT2D eigenvalue weighted by molar-refractivity contribution is 6.17. The van der Waals surface area contributed by atoms with Gasteiger partial charge in [0.15, 0.2) is 0 Å². The molecule has 1 nitrogen and oxygen atoms in total. The zero-order chi connectivity index (χ0) is 7.54. The number of nitrogens with one attached hydrogen (secondary N) is 1. The van der Waals surface area contributed by atoms with Crippen LogP contribution in [-0.4, -0.2) is 19.0 Å². The zero-order valence-electron chi connectivity index (χ0n) is 6.71. The second kappa shape index (κ2) is 15.7.